The summed E-state index contributed by atoms with van der Waals surface area (Å²) >= 11 is 0. The summed E-state index contributed by atoms with van der Waals surface area (Å²) in [4.78, 5) is 24.6. The number of carbonyl (C=O) groups is 2. The van der Waals surface area contributed by atoms with E-state index in [1.54, 1.807) is 38.2 Å². The monoisotopic (exact) mass is 687 g/mol. The number of carbonyl (C=O) groups excluding carboxylic acids is 2. The molecule has 0 bridgehead atoms. The van der Waals surface area contributed by atoms with Gasteiger partial charge in [-0.1, -0.05) is 220 Å². The second kappa shape index (κ2) is 36.6. The normalized spacial score (nSPS) is 14.2. The fourth-order valence-corrected chi connectivity index (χ4v) is 4.84. The summed E-state index contributed by atoms with van der Waals surface area (Å²) in [6.45, 7) is 7.89. The van der Waals surface area contributed by atoms with Crippen LogP contribution in [0, 0.1) is 0 Å². The highest BCUT2D eigenvalue weighted by molar-refractivity contribution is 5.84. The largest absolute Gasteiger partial charge is 0.420 e. The second-order valence-electron chi connectivity index (χ2n) is 12.7. The first-order valence-corrected chi connectivity index (χ1v) is 19.6. The van der Waals surface area contributed by atoms with Crippen LogP contribution in [0.3, 0.4) is 0 Å². The second-order valence-corrected chi connectivity index (χ2v) is 12.7. The molecule has 0 saturated heterocycles. The molecular weight excluding hydrogens is 617 g/mol. The molecule has 0 aromatic rings. The van der Waals surface area contributed by atoms with Gasteiger partial charge in [0, 0.05) is 25.5 Å². The predicted octanol–water partition coefficient (Wildman–Crippen LogP) is 13.8. The van der Waals surface area contributed by atoms with Gasteiger partial charge in [-0.15, -0.1) is 0 Å². The number of hydrogen-bond donors (Lipinski definition) is 0. The fourth-order valence-electron chi connectivity index (χ4n) is 4.84. The van der Waals surface area contributed by atoms with Crippen molar-refractivity contribution in [3.63, 3.8) is 0 Å². The van der Waals surface area contributed by atoms with Gasteiger partial charge in [0.2, 0.25) is 0 Å². The molecule has 0 aromatic carbocycles. The van der Waals surface area contributed by atoms with E-state index in [0.29, 0.717) is 6.42 Å². The Bertz CT molecular complexity index is 1120. The molecule has 0 fully saturated rings. The first-order chi connectivity index (χ1) is 24.5. The standard InChI is InChI=1S/C46H70O4/c1-5-8-10-12-14-16-18-20-22-24-25-27-29-31-33-35-37-39-41-43-45(48)50-46(4,7-3)49-44(47)42-40-38-36-34-32-30-28-26-23-21-19-17-15-13-11-9-6-2/h23,25-43H,5-22,24H2,1-4H3/b26-23+,27-25+,30-28+,31-29+,34-32+,35-33+,38-36+,39-37+,42-40+,43-41+. The topological polar surface area (TPSA) is 52.6 Å². The number of allylic oxidation sites excluding steroid dienone is 18. The smallest absolute Gasteiger partial charge is 0.334 e. The highest BCUT2D eigenvalue weighted by atomic mass is 16.7. The molecule has 1 atom stereocenters. The first-order valence-electron chi connectivity index (χ1n) is 19.6. The van der Waals surface area contributed by atoms with Crippen molar-refractivity contribution in [3.8, 4) is 0 Å². The Morgan fingerprint density at radius 3 is 1.00 bits per heavy atom. The van der Waals surface area contributed by atoms with E-state index in [2.05, 4.69) is 38.2 Å². The van der Waals surface area contributed by atoms with E-state index in [-0.39, 0.29) is 0 Å². The van der Waals surface area contributed by atoms with Crippen molar-refractivity contribution in [1.82, 2.24) is 0 Å². The van der Waals surface area contributed by atoms with Gasteiger partial charge in [0.05, 0.1) is 0 Å². The van der Waals surface area contributed by atoms with Crippen molar-refractivity contribution in [3.05, 3.63) is 122 Å². The van der Waals surface area contributed by atoms with Crippen LogP contribution in [-0.4, -0.2) is 17.7 Å². The summed E-state index contributed by atoms with van der Waals surface area (Å²) in [6.07, 6.45) is 61.3. The molecule has 278 valence electrons. The predicted molar refractivity (Wildman–Crippen MR) is 217 cm³/mol. The van der Waals surface area contributed by atoms with Crippen LogP contribution in [0.25, 0.3) is 0 Å². The molecule has 0 spiro atoms. The van der Waals surface area contributed by atoms with Gasteiger partial charge in [-0.2, -0.15) is 0 Å². The SMILES string of the molecule is CCCCCCCCC/C=C/C=C/C=C/C=C/C=C/C(=O)OC(C)(CC)OC(=O)/C=C/C=C/C=C/C=C/C=C/CCCCCCCCCCC. The molecule has 0 radical (unpaired) electrons. The van der Waals surface area contributed by atoms with Crippen LogP contribution in [0.4, 0.5) is 0 Å². The van der Waals surface area contributed by atoms with Crippen LogP contribution in [0.2, 0.25) is 0 Å². The molecular formula is C46H70O4. The maximum Gasteiger partial charge on any atom is 0.334 e. The van der Waals surface area contributed by atoms with Crippen molar-refractivity contribution >= 4 is 11.9 Å². The Morgan fingerprint density at radius 1 is 0.400 bits per heavy atom. The van der Waals surface area contributed by atoms with E-state index in [9.17, 15) is 9.59 Å². The first kappa shape index (κ1) is 46.3. The van der Waals surface area contributed by atoms with Crippen molar-refractivity contribution in [2.24, 2.45) is 0 Å². The van der Waals surface area contributed by atoms with E-state index in [4.69, 9.17) is 9.47 Å². The Kier molecular flexibility index (Phi) is 33.9. The van der Waals surface area contributed by atoms with Gasteiger partial charge in [-0.3, -0.25) is 0 Å². The van der Waals surface area contributed by atoms with Gasteiger partial charge in [-0.25, -0.2) is 9.59 Å². The highest BCUT2D eigenvalue weighted by Gasteiger charge is 2.29. The van der Waals surface area contributed by atoms with E-state index in [1.807, 2.05) is 60.8 Å². The molecule has 4 nitrogen and oxygen atoms in total. The molecule has 0 amide bonds. The molecule has 0 aliphatic heterocycles. The summed E-state index contributed by atoms with van der Waals surface area (Å²) in [5, 5.41) is 0. The van der Waals surface area contributed by atoms with Gasteiger partial charge in [0.1, 0.15) is 0 Å². The van der Waals surface area contributed by atoms with Crippen molar-refractivity contribution in [2.75, 3.05) is 0 Å². The van der Waals surface area contributed by atoms with E-state index in [0.717, 1.165) is 12.8 Å². The lowest BCUT2D eigenvalue weighted by atomic mass is 10.1. The van der Waals surface area contributed by atoms with E-state index in [1.165, 1.54) is 115 Å². The molecule has 4 heteroatoms. The maximum absolute atomic E-state index is 12.3. The van der Waals surface area contributed by atoms with Crippen LogP contribution in [0.1, 0.15) is 150 Å². The molecule has 0 saturated carbocycles. The number of hydrogen-bond acceptors (Lipinski definition) is 4. The maximum atomic E-state index is 12.3. The zero-order chi connectivity index (χ0) is 36.6. The number of rotatable bonds is 31. The minimum atomic E-state index is -1.35. The number of ether oxygens (including phenoxy) is 2. The summed E-state index contributed by atoms with van der Waals surface area (Å²) in [6, 6.07) is 0. The summed E-state index contributed by atoms with van der Waals surface area (Å²) < 4.78 is 10.8. The lowest BCUT2D eigenvalue weighted by Crippen LogP contribution is -2.35. The summed E-state index contributed by atoms with van der Waals surface area (Å²) in [5.41, 5.74) is 0. The average Bonchev–Trinajstić information content (AvgIpc) is 3.10. The third kappa shape index (κ3) is 34.2. The van der Waals surface area contributed by atoms with E-state index < -0.39 is 17.7 Å². The average molecular weight is 687 g/mol. The third-order valence-corrected chi connectivity index (χ3v) is 8.02. The number of unbranched alkanes of at least 4 members (excludes halogenated alkanes) is 16. The highest BCUT2D eigenvalue weighted by Crippen LogP contribution is 2.18. The third-order valence-electron chi connectivity index (χ3n) is 8.02. The molecule has 0 aromatic heterocycles. The van der Waals surface area contributed by atoms with Crippen molar-refractivity contribution < 1.29 is 19.1 Å². The molecule has 0 aliphatic carbocycles. The molecule has 0 N–H and O–H groups in total. The number of esters is 2. The Hall–Kier alpha value is -3.66. The zero-order valence-electron chi connectivity index (χ0n) is 32.1. The molecule has 0 heterocycles. The van der Waals surface area contributed by atoms with Crippen molar-refractivity contribution in [2.45, 2.75) is 155 Å². The quantitative estimate of drug-likeness (QED) is 0.0239. The van der Waals surface area contributed by atoms with Crippen LogP contribution in [0.15, 0.2) is 122 Å². The minimum absolute atomic E-state index is 0.323. The molecule has 50 heavy (non-hydrogen) atoms. The van der Waals surface area contributed by atoms with Gasteiger partial charge < -0.3 is 9.47 Å². The minimum Gasteiger partial charge on any atom is -0.420 e. The summed E-state index contributed by atoms with van der Waals surface area (Å²) in [7, 11) is 0. The lowest BCUT2D eigenvalue weighted by molar-refractivity contribution is -0.216. The van der Waals surface area contributed by atoms with Crippen molar-refractivity contribution in [1.29, 1.82) is 0 Å². The molecule has 0 rings (SSSR count). The van der Waals surface area contributed by atoms with Gasteiger partial charge >= 0.3 is 11.9 Å². The van der Waals surface area contributed by atoms with E-state index >= 15 is 0 Å². The van der Waals surface area contributed by atoms with Gasteiger partial charge in [-0.05, 0) is 25.7 Å². The molecule has 0 aliphatic rings. The van der Waals surface area contributed by atoms with Gasteiger partial charge in [0.15, 0.2) is 0 Å². The Balaban J connectivity index is 4.20. The Morgan fingerprint density at radius 2 is 0.680 bits per heavy atom. The van der Waals surface area contributed by atoms with Gasteiger partial charge in [0.25, 0.3) is 5.79 Å². The van der Waals surface area contributed by atoms with Crippen LogP contribution >= 0.6 is 0 Å². The zero-order valence-corrected chi connectivity index (χ0v) is 32.1. The fraction of sp³-hybridized carbons (Fsp3) is 0.522. The Labute approximate surface area is 307 Å². The molecule has 1 unspecified atom stereocenters. The lowest BCUT2D eigenvalue weighted by Gasteiger charge is -2.26. The van der Waals surface area contributed by atoms with Crippen LogP contribution in [0.5, 0.6) is 0 Å². The van der Waals surface area contributed by atoms with Crippen LogP contribution in [-0.2, 0) is 19.1 Å². The van der Waals surface area contributed by atoms with Crippen LogP contribution < -0.4 is 0 Å². The summed E-state index contributed by atoms with van der Waals surface area (Å²) in [5.74, 6) is -2.51.